The summed E-state index contributed by atoms with van der Waals surface area (Å²) in [4.78, 5) is 17.0. The second-order valence-electron chi connectivity index (χ2n) is 5.27. The number of anilines is 1. The normalized spacial score (nSPS) is 11.0. The van der Waals surface area contributed by atoms with Crippen LogP contribution in [0.5, 0.6) is 0 Å². The van der Waals surface area contributed by atoms with E-state index in [2.05, 4.69) is 10.3 Å². The molecule has 0 aliphatic carbocycles. The molecule has 0 saturated carbocycles. The third-order valence-electron chi connectivity index (χ3n) is 3.58. The predicted molar refractivity (Wildman–Crippen MR) is 83.6 cm³/mol. The van der Waals surface area contributed by atoms with Crippen LogP contribution < -0.4 is 5.32 Å². The topological polar surface area (TPSA) is 46.4 Å². The van der Waals surface area contributed by atoms with E-state index < -0.39 is 17.5 Å². The lowest BCUT2D eigenvalue weighted by Gasteiger charge is -2.08. The van der Waals surface area contributed by atoms with Gasteiger partial charge in [-0.15, -0.1) is 0 Å². The number of halogens is 2. The summed E-state index contributed by atoms with van der Waals surface area (Å²) in [6, 6.07) is 6.64. The fourth-order valence-corrected chi connectivity index (χ4v) is 2.46. The molecule has 1 N–H and O–H groups in total. The third-order valence-corrected chi connectivity index (χ3v) is 3.58. The van der Waals surface area contributed by atoms with Crippen LogP contribution in [0.25, 0.3) is 5.65 Å². The molecule has 0 aliphatic heterocycles. The summed E-state index contributed by atoms with van der Waals surface area (Å²) < 4.78 is 28.6. The maximum atomic E-state index is 13.7. The summed E-state index contributed by atoms with van der Waals surface area (Å²) in [6.45, 7) is 3.82. The molecule has 0 saturated heterocycles. The first-order chi connectivity index (χ1) is 11.0. The number of nitrogens with zero attached hydrogens (tertiary/aromatic N) is 2. The van der Waals surface area contributed by atoms with Crippen LogP contribution in [0.1, 0.15) is 28.7 Å². The van der Waals surface area contributed by atoms with Crippen LogP contribution in [-0.2, 0) is 6.42 Å². The zero-order valence-electron chi connectivity index (χ0n) is 12.7. The fraction of sp³-hybridized carbons (Fsp3) is 0.176. The molecule has 6 heteroatoms. The summed E-state index contributed by atoms with van der Waals surface area (Å²) in [5.74, 6) is -1.84. The van der Waals surface area contributed by atoms with Crippen molar-refractivity contribution >= 4 is 17.2 Å². The van der Waals surface area contributed by atoms with E-state index in [0.717, 1.165) is 23.8 Å². The largest absolute Gasteiger partial charge is 0.318 e. The number of hydrogen-bond donors (Lipinski definition) is 1. The number of aryl methyl sites for hydroxylation is 2. The molecule has 0 atom stereocenters. The van der Waals surface area contributed by atoms with Gasteiger partial charge in [0.15, 0.2) is 0 Å². The minimum absolute atomic E-state index is 0.195. The lowest BCUT2D eigenvalue weighted by molar-refractivity contribution is 0.102. The van der Waals surface area contributed by atoms with E-state index >= 15 is 0 Å². The molecule has 23 heavy (non-hydrogen) atoms. The molecule has 4 nitrogen and oxygen atoms in total. The Morgan fingerprint density at radius 2 is 2.04 bits per heavy atom. The quantitative estimate of drug-likeness (QED) is 0.800. The van der Waals surface area contributed by atoms with Crippen molar-refractivity contribution in [2.24, 2.45) is 0 Å². The van der Waals surface area contributed by atoms with E-state index in [1.165, 1.54) is 0 Å². The van der Waals surface area contributed by atoms with Crippen LogP contribution in [0.2, 0.25) is 0 Å². The molecule has 2 heterocycles. The van der Waals surface area contributed by atoms with E-state index in [1.54, 1.807) is 10.6 Å². The maximum absolute atomic E-state index is 13.7. The molecule has 2 aromatic heterocycles. The maximum Gasteiger partial charge on any atom is 0.274 e. The van der Waals surface area contributed by atoms with E-state index in [4.69, 9.17) is 0 Å². The molecule has 0 spiro atoms. The average Bonchev–Trinajstić information content (AvgIpc) is 2.88. The summed E-state index contributed by atoms with van der Waals surface area (Å²) in [6.07, 6.45) is 2.29. The Bertz CT molecular complexity index is 902. The monoisotopic (exact) mass is 315 g/mol. The van der Waals surface area contributed by atoms with Crippen molar-refractivity contribution in [2.45, 2.75) is 20.3 Å². The van der Waals surface area contributed by atoms with E-state index in [0.29, 0.717) is 23.5 Å². The molecular formula is C17H15F2N3O. The van der Waals surface area contributed by atoms with Crippen molar-refractivity contribution < 1.29 is 13.6 Å². The molecule has 0 radical (unpaired) electrons. The van der Waals surface area contributed by atoms with Gasteiger partial charge in [0.25, 0.3) is 5.91 Å². The number of amides is 1. The fourth-order valence-electron chi connectivity index (χ4n) is 2.46. The van der Waals surface area contributed by atoms with Crippen LogP contribution in [0.15, 0.2) is 36.5 Å². The van der Waals surface area contributed by atoms with Crippen molar-refractivity contribution in [3.8, 4) is 0 Å². The number of imidazole rings is 1. The smallest absolute Gasteiger partial charge is 0.274 e. The molecule has 1 aromatic carbocycles. The molecule has 0 fully saturated rings. The number of carbonyl (C=O) groups is 1. The Morgan fingerprint density at radius 1 is 1.26 bits per heavy atom. The van der Waals surface area contributed by atoms with Gasteiger partial charge >= 0.3 is 0 Å². The number of fused-ring (bicyclic) bond motifs is 1. The van der Waals surface area contributed by atoms with Crippen LogP contribution in [0.3, 0.4) is 0 Å². The van der Waals surface area contributed by atoms with Gasteiger partial charge in [-0.3, -0.25) is 9.20 Å². The van der Waals surface area contributed by atoms with Crippen molar-refractivity contribution in [1.29, 1.82) is 0 Å². The zero-order valence-corrected chi connectivity index (χ0v) is 12.7. The standard InChI is InChI=1S/C17H15F2N3O/c1-3-13-16(22-7-6-10(2)8-15(22)20-13)17(23)21-14-9-11(18)4-5-12(14)19/h4-9H,3H2,1-2H3,(H,21,23). The lowest BCUT2D eigenvalue weighted by atomic mass is 10.2. The molecule has 0 aliphatic rings. The van der Waals surface area contributed by atoms with E-state index in [-0.39, 0.29) is 5.69 Å². The summed E-state index contributed by atoms with van der Waals surface area (Å²) in [5.41, 5.74) is 2.40. The highest BCUT2D eigenvalue weighted by Gasteiger charge is 2.19. The van der Waals surface area contributed by atoms with Gasteiger partial charge in [0.05, 0.1) is 11.4 Å². The second-order valence-corrected chi connectivity index (χ2v) is 5.27. The first-order valence-electron chi connectivity index (χ1n) is 7.23. The van der Waals surface area contributed by atoms with Crippen LogP contribution in [-0.4, -0.2) is 15.3 Å². The van der Waals surface area contributed by atoms with Gasteiger partial charge in [-0.25, -0.2) is 13.8 Å². The molecule has 0 bridgehead atoms. The minimum atomic E-state index is -0.692. The number of pyridine rings is 1. The molecule has 1 amide bonds. The molecule has 3 aromatic rings. The molecule has 0 unspecified atom stereocenters. The highest BCUT2D eigenvalue weighted by atomic mass is 19.1. The summed E-state index contributed by atoms with van der Waals surface area (Å²) in [5, 5.41) is 2.42. The number of rotatable bonds is 3. The van der Waals surface area contributed by atoms with Crippen LogP contribution in [0.4, 0.5) is 14.5 Å². The van der Waals surface area contributed by atoms with Gasteiger partial charge in [0, 0.05) is 12.3 Å². The Kier molecular flexibility index (Phi) is 3.82. The Hall–Kier alpha value is -2.76. The van der Waals surface area contributed by atoms with Gasteiger partial charge in [-0.2, -0.15) is 0 Å². The van der Waals surface area contributed by atoms with Crippen molar-refractivity contribution in [2.75, 3.05) is 5.32 Å². The van der Waals surface area contributed by atoms with Gasteiger partial charge in [0.2, 0.25) is 0 Å². The molecular weight excluding hydrogens is 300 g/mol. The Morgan fingerprint density at radius 3 is 2.78 bits per heavy atom. The number of benzene rings is 1. The average molecular weight is 315 g/mol. The van der Waals surface area contributed by atoms with E-state index in [1.807, 2.05) is 26.0 Å². The molecule has 3 rings (SSSR count). The number of nitrogens with one attached hydrogen (secondary N) is 1. The highest BCUT2D eigenvalue weighted by Crippen LogP contribution is 2.19. The van der Waals surface area contributed by atoms with Gasteiger partial charge < -0.3 is 5.32 Å². The minimum Gasteiger partial charge on any atom is -0.318 e. The van der Waals surface area contributed by atoms with Crippen molar-refractivity contribution in [1.82, 2.24) is 9.38 Å². The second kappa shape index (κ2) is 5.79. The number of carbonyl (C=O) groups excluding carboxylic acids is 1. The van der Waals surface area contributed by atoms with Crippen molar-refractivity contribution in [3.63, 3.8) is 0 Å². The third kappa shape index (κ3) is 2.79. The SMILES string of the molecule is CCc1nc2cc(C)ccn2c1C(=O)Nc1cc(F)ccc1F. The number of hydrogen-bond acceptors (Lipinski definition) is 2. The Labute approximate surface area is 131 Å². The summed E-state index contributed by atoms with van der Waals surface area (Å²) in [7, 11) is 0. The predicted octanol–water partition coefficient (Wildman–Crippen LogP) is 3.74. The zero-order chi connectivity index (χ0) is 16.6. The molecule has 118 valence electrons. The van der Waals surface area contributed by atoms with Crippen molar-refractivity contribution in [3.05, 3.63) is 65.1 Å². The highest BCUT2D eigenvalue weighted by molar-refractivity contribution is 6.04. The first kappa shape index (κ1) is 15.1. The lowest BCUT2D eigenvalue weighted by Crippen LogP contribution is -2.17. The summed E-state index contributed by atoms with van der Waals surface area (Å²) >= 11 is 0. The first-order valence-corrected chi connectivity index (χ1v) is 7.23. The van der Waals surface area contributed by atoms with Crippen LogP contribution in [0, 0.1) is 18.6 Å². The number of aromatic nitrogens is 2. The van der Waals surface area contributed by atoms with Gasteiger partial charge in [-0.05, 0) is 43.2 Å². The van der Waals surface area contributed by atoms with Gasteiger partial charge in [-0.1, -0.05) is 6.92 Å². The van der Waals surface area contributed by atoms with Crippen LogP contribution >= 0.6 is 0 Å². The van der Waals surface area contributed by atoms with Gasteiger partial charge in [0.1, 0.15) is 23.0 Å². The Balaban J connectivity index is 2.05. The van der Waals surface area contributed by atoms with E-state index in [9.17, 15) is 13.6 Å².